The van der Waals surface area contributed by atoms with Crippen molar-refractivity contribution in [2.75, 3.05) is 18.0 Å². The molecule has 0 aliphatic carbocycles. The van der Waals surface area contributed by atoms with Crippen molar-refractivity contribution in [1.29, 1.82) is 0 Å². The molecule has 1 aliphatic heterocycles. The second-order valence-corrected chi connectivity index (χ2v) is 6.44. The summed E-state index contributed by atoms with van der Waals surface area (Å²) in [6.07, 6.45) is 1.88. The number of anilines is 1. The second-order valence-electron chi connectivity index (χ2n) is 6.44. The number of nitrogens with two attached hydrogens (primary N) is 1. The van der Waals surface area contributed by atoms with E-state index in [9.17, 15) is 4.39 Å². The van der Waals surface area contributed by atoms with Gasteiger partial charge in [-0.3, -0.25) is 0 Å². The van der Waals surface area contributed by atoms with Gasteiger partial charge >= 0.3 is 0 Å². The molecule has 1 aliphatic rings. The maximum absolute atomic E-state index is 13.3. The highest BCUT2D eigenvalue weighted by atomic mass is 19.1. The molecule has 2 atom stereocenters. The summed E-state index contributed by atoms with van der Waals surface area (Å²) in [6.45, 7) is 3.98. The number of nitrogens with zero attached hydrogens (tertiary/aromatic N) is 1. The van der Waals surface area contributed by atoms with Crippen LogP contribution in [0.5, 0.6) is 0 Å². The van der Waals surface area contributed by atoms with Crippen LogP contribution >= 0.6 is 0 Å². The molecule has 1 fully saturated rings. The van der Waals surface area contributed by atoms with Gasteiger partial charge in [-0.25, -0.2) is 4.39 Å². The summed E-state index contributed by atoms with van der Waals surface area (Å²) in [5.74, 6) is 0.305. The van der Waals surface area contributed by atoms with Crippen molar-refractivity contribution >= 4 is 5.69 Å². The van der Waals surface area contributed by atoms with Gasteiger partial charge in [0, 0.05) is 24.8 Å². The minimum atomic E-state index is -0.159. The predicted molar refractivity (Wildman–Crippen MR) is 89.6 cm³/mol. The van der Waals surface area contributed by atoms with Gasteiger partial charge < -0.3 is 10.6 Å². The molecule has 3 heteroatoms. The summed E-state index contributed by atoms with van der Waals surface area (Å²) in [6, 6.07) is 15.6. The minimum Gasteiger partial charge on any atom is -0.370 e. The number of halogens is 1. The van der Waals surface area contributed by atoms with E-state index in [1.54, 1.807) is 12.1 Å². The number of hydrogen-bond donors (Lipinski definition) is 1. The molecule has 0 radical (unpaired) electrons. The molecule has 116 valence electrons. The molecule has 0 amide bonds. The van der Waals surface area contributed by atoms with Crippen LogP contribution in [0.25, 0.3) is 0 Å². The SMILES string of the molecule is Cc1cccc(N2CC(N)CC(Cc3cccc(F)c3)C2)c1. The fourth-order valence-electron chi connectivity index (χ4n) is 3.43. The van der Waals surface area contributed by atoms with Crippen LogP contribution in [0.1, 0.15) is 17.5 Å². The van der Waals surface area contributed by atoms with Crippen LogP contribution in [0.3, 0.4) is 0 Å². The highest BCUT2D eigenvalue weighted by Gasteiger charge is 2.25. The molecule has 22 heavy (non-hydrogen) atoms. The Labute approximate surface area is 131 Å². The summed E-state index contributed by atoms with van der Waals surface area (Å²) in [4.78, 5) is 2.37. The quantitative estimate of drug-likeness (QED) is 0.939. The predicted octanol–water partition coefficient (Wildman–Crippen LogP) is 3.53. The van der Waals surface area contributed by atoms with Crippen LogP contribution in [0.4, 0.5) is 10.1 Å². The Morgan fingerprint density at radius 3 is 2.73 bits per heavy atom. The lowest BCUT2D eigenvalue weighted by Crippen LogP contribution is -2.47. The minimum absolute atomic E-state index is 0.159. The van der Waals surface area contributed by atoms with Crippen molar-refractivity contribution in [1.82, 2.24) is 0 Å². The summed E-state index contributed by atoms with van der Waals surface area (Å²) in [5.41, 5.74) is 9.82. The van der Waals surface area contributed by atoms with Crippen LogP contribution in [-0.2, 0) is 6.42 Å². The fourth-order valence-corrected chi connectivity index (χ4v) is 3.43. The van der Waals surface area contributed by atoms with Gasteiger partial charge in [0.2, 0.25) is 0 Å². The zero-order valence-electron chi connectivity index (χ0n) is 13.0. The highest BCUT2D eigenvalue weighted by molar-refractivity contribution is 5.49. The normalized spacial score (nSPS) is 21.9. The second kappa shape index (κ2) is 6.49. The Hall–Kier alpha value is -1.87. The maximum Gasteiger partial charge on any atom is 0.123 e. The molecule has 2 nitrogen and oxygen atoms in total. The molecule has 3 rings (SSSR count). The van der Waals surface area contributed by atoms with Crippen molar-refractivity contribution in [3.63, 3.8) is 0 Å². The van der Waals surface area contributed by atoms with Crippen LogP contribution in [0.2, 0.25) is 0 Å². The molecule has 0 bridgehead atoms. The summed E-state index contributed by atoms with van der Waals surface area (Å²) in [5, 5.41) is 0. The first-order valence-electron chi connectivity index (χ1n) is 7.92. The van der Waals surface area contributed by atoms with Gasteiger partial charge in [-0.15, -0.1) is 0 Å². The van der Waals surface area contributed by atoms with E-state index in [-0.39, 0.29) is 11.9 Å². The Bertz CT molecular complexity index is 641. The zero-order valence-corrected chi connectivity index (χ0v) is 13.0. The number of piperidine rings is 1. The monoisotopic (exact) mass is 298 g/mol. The Morgan fingerprint density at radius 1 is 1.14 bits per heavy atom. The van der Waals surface area contributed by atoms with E-state index in [0.29, 0.717) is 5.92 Å². The number of aryl methyl sites for hydroxylation is 1. The van der Waals surface area contributed by atoms with E-state index in [0.717, 1.165) is 31.5 Å². The Morgan fingerprint density at radius 2 is 1.95 bits per heavy atom. The summed E-state index contributed by atoms with van der Waals surface area (Å²) < 4.78 is 13.3. The molecular formula is C19H23FN2. The molecule has 0 spiro atoms. The first kappa shape index (κ1) is 15.0. The van der Waals surface area contributed by atoms with Gasteiger partial charge in [0.05, 0.1) is 0 Å². The summed E-state index contributed by atoms with van der Waals surface area (Å²) >= 11 is 0. The molecule has 2 N–H and O–H groups in total. The van der Waals surface area contributed by atoms with E-state index in [2.05, 4.69) is 36.1 Å². The van der Waals surface area contributed by atoms with Gasteiger partial charge in [0.15, 0.2) is 0 Å². The number of rotatable bonds is 3. The molecule has 1 heterocycles. The smallest absolute Gasteiger partial charge is 0.123 e. The van der Waals surface area contributed by atoms with Gasteiger partial charge in [-0.1, -0.05) is 24.3 Å². The third-order valence-corrected chi connectivity index (χ3v) is 4.35. The van der Waals surface area contributed by atoms with E-state index in [1.165, 1.54) is 17.3 Å². The maximum atomic E-state index is 13.3. The Kier molecular flexibility index (Phi) is 4.44. The molecule has 0 saturated carbocycles. The third kappa shape index (κ3) is 3.66. The number of hydrogen-bond acceptors (Lipinski definition) is 2. The van der Waals surface area contributed by atoms with Crippen LogP contribution in [0.15, 0.2) is 48.5 Å². The van der Waals surface area contributed by atoms with Gasteiger partial charge in [-0.05, 0) is 61.1 Å². The molecule has 2 aromatic carbocycles. The lowest BCUT2D eigenvalue weighted by atomic mass is 9.88. The van der Waals surface area contributed by atoms with Crippen LogP contribution in [-0.4, -0.2) is 19.1 Å². The lowest BCUT2D eigenvalue weighted by Gasteiger charge is -2.38. The van der Waals surface area contributed by atoms with Gasteiger partial charge in [-0.2, -0.15) is 0 Å². The average Bonchev–Trinajstić information content (AvgIpc) is 2.46. The summed E-state index contributed by atoms with van der Waals surface area (Å²) in [7, 11) is 0. The van der Waals surface area contributed by atoms with E-state index in [4.69, 9.17) is 5.73 Å². The van der Waals surface area contributed by atoms with Crippen molar-refractivity contribution in [3.8, 4) is 0 Å². The van der Waals surface area contributed by atoms with Crippen LogP contribution in [0, 0.1) is 18.7 Å². The van der Waals surface area contributed by atoms with Crippen molar-refractivity contribution in [2.24, 2.45) is 11.7 Å². The topological polar surface area (TPSA) is 29.3 Å². The average molecular weight is 298 g/mol. The largest absolute Gasteiger partial charge is 0.370 e. The molecule has 2 aromatic rings. The molecular weight excluding hydrogens is 275 g/mol. The molecule has 0 aromatic heterocycles. The highest BCUT2D eigenvalue weighted by Crippen LogP contribution is 2.26. The Balaban J connectivity index is 1.73. The van der Waals surface area contributed by atoms with Crippen LogP contribution < -0.4 is 10.6 Å². The fraction of sp³-hybridized carbons (Fsp3) is 0.368. The van der Waals surface area contributed by atoms with E-state index in [1.807, 2.05) is 6.07 Å². The van der Waals surface area contributed by atoms with Crippen molar-refractivity contribution in [2.45, 2.75) is 25.8 Å². The molecule has 1 saturated heterocycles. The van der Waals surface area contributed by atoms with E-state index < -0.39 is 0 Å². The van der Waals surface area contributed by atoms with Gasteiger partial charge in [0.1, 0.15) is 5.82 Å². The van der Waals surface area contributed by atoms with Crippen molar-refractivity contribution < 1.29 is 4.39 Å². The molecule has 2 unspecified atom stereocenters. The zero-order chi connectivity index (χ0) is 15.5. The van der Waals surface area contributed by atoms with Gasteiger partial charge in [0.25, 0.3) is 0 Å². The lowest BCUT2D eigenvalue weighted by molar-refractivity contribution is 0.374. The van der Waals surface area contributed by atoms with Crippen molar-refractivity contribution in [3.05, 3.63) is 65.5 Å². The first-order chi connectivity index (χ1) is 10.6. The van der Waals surface area contributed by atoms with E-state index >= 15 is 0 Å². The third-order valence-electron chi connectivity index (χ3n) is 4.35. The number of benzene rings is 2. The standard InChI is InChI=1S/C19H23FN2/c1-14-4-2-7-19(8-14)22-12-16(11-18(21)13-22)9-15-5-3-6-17(20)10-15/h2-8,10,16,18H,9,11-13,21H2,1H3. The first-order valence-corrected chi connectivity index (χ1v) is 7.92.